The van der Waals surface area contributed by atoms with E-state index in [1.54, 1.807) is 0 Å². The Kier molecular flexibility index (Phi) is 8.55. The third-order valence-electron chi connectivity index (χ3n) is 8.47. The van der Waals surface area contributed by atoms with Crippen molar-refractivity contribution >= 4 is 11.8 Å². The summed E-state index contributed by atoms with van der Waals surface area (Å²) in [6.45, 7) is 22.6. The van der Waals surface area contributed by atoms with Crippen molar-refractivity contribution in [3.8, 4) is 0 Å². The molecule has 170 valence electrons. The van der Waals surface area contributed by atoms with Crippen molar-refractivity contribution in [2.24, 2.45) is 46.3 Å². The normalized spacial score (nSPS) is 42.1. The monoisotopic (exact) mass is 410 g/mol. The molecule has 0 bridgehead atoms. The summed E-state index contributed by atoms with van der Waals surface area (Å²) in [6, 6.07) is 0. The number of aliphatic hydroxyl groups excluding tert-OH is 1. The van der Waals surface area contributed by atoms with Crippen molar-refractivity contribution in [2.45, 2.75) is 101 Å². The second-order valence-corrected chi connectivity index (χ2v) is 11.2. The quantitative estimate of drug-likeness (QED) is 0.579. The predicted octanol–water partition coefficient (Wildman–Crippen LogP) is 5.51. The van der Waals surface area contributed by atoms with Gasteiger partial charge >= 0.3 is 5.97 Å². The van der Waals surface area contributed by atoms with E-state index in [2.05, 4.69) is 34.6 Å². The summed E-state index contributed by atoms with van der Waals surface area (Å²) in [5.41, 5.74) is -0.761. The Balaban J connectivity index is 3.42. The molecule has 1 heterocycles. The van der Waals surface area contributed by atoms with Crippen LogP contribution in [0.25, 0.3) is 0 Å². The summed E-state index contributed by atoms with van der Waals surface area (Å²) in [5.74, 6) is -0.142. The van der Waals surface area contributed by atoms with E-state index in [4.69, 9.17) is 4.74 Å². The number of cyclic esters (lactones) is 1. The van der Waals surface area contributed by atoms with Gasteiger partial charge in [-0.15, -0.1) is 0 Å². The molecule has 0 aromatic rings. The Morgan fingerprint density at radius 3 is 1.93 bits per heavy atom. The molecule has 4 heteroatoms. The summed E-state index contributed by atoms with van der Waals surface area (Å²) < 4.78 is 5.95. The maximum Gasteiger partial charge on any atom is 0.309 e. The highest BCUT2D eigenvalue weighted by atomic mass is 16.5. The van der Waals surface area contributed by atoms with Gasteiger partial charge in [0, 0.05) is 17.3 Å². The molecule has 29 heavy (non-hydrogen) atoms. The number of esters is 1. The molecule has 4 nitrogen and oxygen atoms in total. The van der Waals surface area contributed by atoms with Gasteiger partial charge < -0.3 is 9.84 Å². The van der Waals surface area contributed by atoms with Crippen LogP contribution in [0.2, 0.25) is 0 Å². The predicted molar refractivity (Wildman–Crippen MR) is 118 cm³/mol. The van der Waals surface area contributed by atoms with Gasteiger partial charge in [0.2, 0.25) is 0 Å². The topological polar surface area (TPSA) is 63.6 Å². The molecule has 1 fully saturated rings. The first-order valence-electron chi connectivity index (χ1n) is 11.5. The number of carbonyl (C=O) groups excluding carboxylic acids is 2. The maximum atomic E-state index is 13.2. The molecular formula is C25H46O4. The van der Waals surface area contributed by atoms with Crippen LogP contribution in [-0.2, 0) is 14.3 Å². The Morgan fingerprint density at radius 1 is 0.931 bits per heavy atom. The molecule has 0 aromatic heterocycles. The summed E-state index contributed by atoms with van der Waals surface area (Å²) >= 11 is 0. The number of hydrogen-bond donors (Lipinski definition) is 1. The van der Waals surface area contributed by atoms with Gasteiger partial charge in [-0.05, 0) is 36.0 Å². The van der Waals surface area contributed by atoms with Crippen molar-refractivity contribution in [2.75, 3.05) is 0 Å². The van der Waals surface area contributed by atoms with Crippen LogP contribution in [0.4, 0.5) is 0 Å². The minimum absolute atomic E-state index is 0.0529. The molecule has 1 aliphatic heterocycles. The van der Waals surface area contributed by atoms with E-state index >= 15 is 0 Å². The first kappa shape index (κ1) is 26.1. The van der Waals surface area contributed by atoms with Gasteiger partial charge in [0.1, 0.15) is 11.9 Å². The molecule has 0 saturated carbocycles. The lowest BCUT2D eigenvalue weighted by Crippen LogP contribution is -2.49. The molecule has 1 rings (SSSR count). The first-order valence-corrected chi connectivity index (χ1v) is 11.5. The Morgan fingerprint density at radius 2 is 1.45 bits per heavy atom. The van der Waals surface area contributed by atoms with Crippen LogP contribution >= 0.6 is 0 Å². The van der Waals surface area contributed by atoms with Crippen LogP contribution in [0.1, 0.15) is 89.0 Å². The van der Waals surface area contributed by atoms with Gasteiger partial charge in [-0.1, -0.05) is 76.2 Å². The third kappa shape index (κ3) is 5.42. The Hall–Kier alpha value is -0.900. The molecule has 1 saturated heterocycles. The lowest BCUT2D eigenvalue weighted by Gasteiger charge is -2.44. The number of aliphatic hydroxyl groups is 1. The van der Waals surface area contributed by atoms with Crippen LogP contribution in [0.15, 0.2) is 0 Å². The fourth-order valence-electron chi connectivity index (χ4n) is 5.36. The SMILES string of the molecule is CC[C@H]1OC(=O)[C@H](C)[C@@H](C)[C@H](C)[C@@H](C)C(C)(C)C[C@@H](C)C(=O)[C@H](C)[C@@H](O)C1(C)C. The summed E-state index contributed by atoms with van der Waals surface area (Å²) in [7, 11) is 0. The Bertz CT molecular complexity index is 579. The van der Waals surface area contributed by atoms with Gasteiger partial charge in [-0.25, -0.2) is 0 Å². The molecule has 1 N–H and O–H groups in total. The van der Waals surface area contributed by atoms with Crippen molar-refractivity contribution in [1.29, 1.82) is 0 Å². The standard InChI is InChI=1S/C25H46O4/c1-12-20-25(10,11)22(27)18(6)21(26)14(2)13-24(8,9)19(7)16(4)15(3)17(5)23(28)29-20/h14-20,22,27H,12-13H2,1-11H3/t14-,15+,16+,17-,18+,19-,20-,22-/m1/s1. The number of carbonyl (C=O) groups is 2. The van der Waals surface area contributed by atoms with E-state index in [1.165, 1.54) is 0 Å². The summed E-state index contributed by atoms with van der Waals surface area (Å²) in [4.78, 5) is 26.2. The smallest absolute Gasteiger partial charge is 0.309 e. The lowest BCUT2D eigenvalue weighted by molar-refractivity contribution is -0.171. The van der Waals surface area contributed by atoms with Crippen LogP contribution in [0, 0.1) is 46.3 Å². The summed E-state index contributed by atoms with van der Waals surface area (Å²) in [5, 5.41) is 11.1. The van der Waals surface area contributed by atoms with Gasteiger partial charge in [-0.2, -0.15) is 0 Å². The molecule has 1 aliphatic rings. The van der Waals surface area contributed by atoms with E-state index in [-0.39, 0.29) is 34.9 Å². The van der Waals surface area contributed by atoms with E-state index < -0.39 is 23.5 Å². The molecule has 0 radical (unpaired) electrons. The molecule has 0 aromatic carbocycles. The lowest BCUT2D eigenvalue weighted by atomic mass is 9.63. The Labute approximate surface area is 179 Å². The highest BCUT2D eigenvalue weighted by molar-refractivity contribution is 5.83. The fourth-order valence-corrected chi connectivity index (χ4v) is 5.36. The van der Waals surface area contributed by atoms with E-state index in [9.17, 15) is 14.7 Å². The zero-order valence-corrected chi connectivity index (χ0v) is 20.7. The van der Waals surface area contributed by atoms with Crippen molar-refractivity contribution in [3.05, 3.63) is 0 Å². The minimum Gasteiger partial charge on any atom is -0.461 e. The van der Waals surface area contributed by atoms with E-state index in [0.717, 1.165) is 6.42 Å². The number of rotatable bonds is 1. The second-order valence-electron chi connectivity index (χ2n) is 11.2. The maximum absolute atomic E-state index is 13.2. The highest BCUT2D eigenvalue weighted by Crippen LogP contribution is 2.44. The molecule has 0 unspecified atom stereocenters. The zero-order valence-electron chi connectivity index (χ0n) is 20.7. The average molecular weight is 411 g/mol. The van der Waals surface area contributed by atoms with Crippen molar-refractivity contribution in [3.63, 3.8) is 0 Å². The number of hydrogen-bond acceptors (Lipinski definition) is 4. The molecular weight excluding hydrogens is 364 g/mol. The molecule has 0 amide bonds. The zero-order chi connectivity index (χ0) is 22.9. The van der Waals surface area contributed by atoms with Crippen LogP contribution < -0.4 is 0 Å². The highest BCUT2D eigenvalue weighted by Gasteiger charge is 2.46. The fraction of sp³-hybridized carbons (Fsp3) is 0.920. The molecule has 0 aliphatic carbocycles. The minimum atomic E-state index is -0.870. The van der Waals surface area contributed by atoms with Crippen molar-refractivity contribution < 1.29 is 19.4 Å². The summed E-state index contributed by atoms with van der Waals surface area (Å²) in [6.07, 6.45) is 0.0758. The van der Waals surface area contributed by atoms with Crippen molar-refractivity contribution in [1.82, 2.24) is 0 Å². The van der Waals surface area contributed by atoms with Gasteiger partial charge in [-0.3, -0.25) is 9.59 Å². The molecule has 0 spiro atoms. The van der Waals surface area contributed by atoms with E-state index in [1.807, 2.05) is 41.5 Å². The van der Waals surface area contributed by atoms with Crippen LogP contribution in [0.3, 0.4) is 0 Å². The number of Topliss-reactive ketones (excluding diaryl/α,β-unsaturated/α-hetero) is 1. The largest absolute Gasteiger partial charge is 0.461 e. The number of ketones is 1. The van der Waals surface area contributed by atoms with E-state index in [0.29, 0.717) is 18.3 Å². The average Bonchev–Trinajstić information content (AvgIpc) is 2.66. The first-order chi connectivity index (χ1) is 13.1. The van der Waals surface area contributed by atoms with Gasteiger partial charge in [0.25, 0.3) is 0 Å². The molecule has 8 atom stereocenters. The van der Waals surface area contributed by atoms with Crippen LogP contribution in [-0.4, -0.2) is 29.1 Å². The third-order valence-corrected chi connectivity index (χ3v) is 8.47. The number of ether oxygens (including phenoxy) is 1. The van der Waals surface area contributed by atoms with Gasteiger partial charge in [0.15, 0.2) is 0 Å². The van der Waals surface area contributed by atoms with Crippen LogP contribution in [0.5, 0.6) is 0 Å². The second kappa shape index (κ2) is 9.49. The van der Waals surface area contributed by atoms with Gasteiger partial charge in [0.05, 0.1) is 12.0 Å².